The van der Waals surface area contributed by atoms with E-state index in [0.29, 0.717) is 19.0 Å². The van der Waals surface area contributed by atoms with E-state index >= 15 is 0 Å². The second-order valence-corrected chi connectivity index (χ2v) is 7.18. The summed E-state index contributed by atoms with van der Waals surface area (Å²) in [5.74, 6) is 1.35. The van der Waals surface area contributed by atoms with E-state index < -0.39 is 0 Å². The second-order valence-electron chi connectivity index (χ2n) is 7.18. The molecule has 29 heavy (non-hydrogen) atoms. The summed E-state index contributed by atoms with van der Waals surface area (Å²) in [7, 11) is 1.86. The monoisotopic (exact) mass is 510 g/mol. The van der Waals surface area contributed by atoms with Crippen LogP contribution < -0.4 is 10.2 Å². The lowest BCUT2D eigenvalue weighted by molar-refractivity contribution is -0.120. The molecule has 1 atom stereocenters. The van der Waals surface area contributed by atoms with Crippen molar-refractivity contribution in [1.82, 2.24) is 20.0 Å². The third kappa shape index (κ3) is 6.19. The highest BCUT2D eigenvalue weighted by molar-refractivity contribution is 14.0. The van der Waals surface area contributed by atoms with Crippen molar-refractivity contribution in [1.29, 1.82) is 0 Å². The van der Waals surface area contributed by atoms with Crippen molar-refractivity contribution in [3.63, 3.8) is 0 Å². The third-order valence-electron chi connectivity index (χ3n) is 5.05. The normalized spacial score (nSPS) is 15.8. The van der Waals surface area contributed by atoms with Gasteiger partial charge < -0.3 is 15.1 Å². The van der Waals surface area contributed by atoms with Crippen LogP contribution in [0.2, 0.25) is 0 Å². The summed E-state index contributed by atoms with van der Waals surface area (Å²) in [4.78, 5) is 21.3. The Morgan fingerprint density at radius 1 is 1.28 bits per heavy atom. The van der Waals surface area contributed by atoms with Crippen LogP contribution in [-0.4, -0.2) is 59.3 Å². The molecule has 1 saturated heterocycles. The lowest BCUT2D eigenvalue weighted by Crippen LogP contribution is -2.55. The van der Waals surface area contributed by atoms with Crippen molar-refractivity contribution in [2.45, 2.75) is 26.2 Å². The van der Waals surface area contributed by atoms with Gasteiger partial charge in [-0.2, -0.15) is 5.10 Å². The predicted molar refractivity (Wildman–Crippen MR) is 128 cm³/mol. The first-order valence-corrected chi connectivity index (χ1v) is 9.95. The number of aliphatic imine (C=N–C) groups is 1. The lowest BCUT2D eigenvalue weighted by atomic mass is 9.98. The molecule has 0 saturated carbocycles. The van der Waals surface area contributed by atoms with E-state index in [1.807, 2.05) is 24.2 Å². The molecule has 0 radical (unpaired) electrons. The van der Waals surface area contributed by atoms with Crippen LogP contribution in [0.15, 0.2) is 47.7 Å². The maximum atomic E-state index is 12.7. The van der Waals surface area contributed by atoms with Crippen LogP contribution in [0.1, 0.15) is 31.7 Å². The highest BCUT2D eigenvalue weighted by Gasteiger charge is 2.27. The summed E-state index contributed by atoms with van der Waals surface area (Å²) < 4.78 is 1.72. The zero-order valence-corrected chi connectivity index (χ0v) is 19.7. The number of hydrogen-bond donors (Lipinski definition) is 1. The van der Waals surface area contributed by atoms with Gasteiger partial charge >= 0.3 is 0 Å². The van der Waals surface area contributed by atoms with Gasteiger partial charge in [0.15, 0.2) is 5.96 Å². The molecule has 1 aromatic heterocycles. The first-order chi connectivity index (χ1) is 13.6. The molecule has 1 fully saturated rings. The number of amides is 1. The van der Waals surface area contributed by atoms with Gasteiger partial charge in [0.1, 0.15) is 6.54 Å². The van der Waals surface area contributed by atoms with Gasteiger partial charge in [-0.1, -0.05) is 37.3 Å². The van der Waals surface area contributed by atoms with Gasteiger partial charge in [-0.25, -0.2) is 0 Å². The summed E-state index contributed by atoms with van der Waals surface area (Å²) >= 11 is 0. The average molecular weight is 510 g/mol. The number of carbonyl (C=O) groups is 1. The van der Waals surface area contributed by atoms with E-state index in [4.69, 9.17) is 4.99 Å². The minimum atomic E-state index is 0. The molecule has 1 unspecified atom stereocenters. The summed E-state index contributed by atoms with van der Waals surface area (Å²) in [6, 6.07) is 10.5. The molecule has 7 nitrogen and oxygen atoms in total. The molecule has 3 rings (SSSR count). The number of carbonyl (C=O) groups excluding carboxylic acids is 1. The maximum absolute atomic E-state index is 12.7. The number of halogens is 1. The quantitative estimate of drug-likeness (QED) is 0.369. The Bertz CT molecular complexity index is 807. The van der Waals surface area contributed by atoms with Crippen LogP contribution in [0.4, 0.5) is 5.69 Å². The third-order valence-corrected chi connectivity index (χ3v) is 5.05. The van der Waals surface area contributed by atoms with E-state index in [9.17, 15) is 4.79 Å². The Morgan fingerprint density at radius 2 is 2.03 bits per heavy atom. The largest absolute Gasteiger partial charge is 0.357 e. The van der Waals surface area contributed by atoms with Gasteiger partial charge in [-0.15, -0.1) is 24.0 Å². The molecule has 0 bridgehead atoms. The molecular weight excluding hydrogens is 479 g/mol. The number of guanidine groups is 1. The van der Waals surface area contributed by atoms with Gasteiger partial charge in [-0.3, -0.25) is 14.5 Å². The Kier molecular flexibility index (Phi) is 8.94. The van der Waals surface area contributed by atoms with Crippen LogP contribution in [-0.2, 0) is 11.8 Å². The summed E-state index contributed by atoms with van der Waals surface area (Å²) in [5.41, 5.74) is 2.19. The zero-order valence-electron chi connectivity index (χ0n) is 17.4. The molecule has 0 aliphatic carbocycles. The van der Waals surface area contributed by atoms with Crippen LogP contribution in [0, 0.1) is 0 Å². The fraction of sp³-hybridized carbons (Fsp3) is 0.476. The average Bonchev–Trinajstić information content (AvgIpc) is 3.13. The van der Waals surface area contributed by atoms with Crippen molar-refractivity contribution < 1.29 is 4.79 Å². The van der Waals surface area contributed by atoms with Gasteiger partial charge in [0.05, 0.1) is 11.9 Å². The molecule has 1 N–H and O–H groups in total. The summed E-state index contributed by atoms with van der Waals surface area (Å²) in [6.07, 6.45) is 4.58. The van der Waals surface area contributed by atoms with E-state index in [1.165, 1.54) is 5.56 Å². The predicted octanol–water partition coefficient (Wildman–Crippen LogP) is 2.85. The smallest absolute Gasteiger partial charge is 0.246 e. The highest BCUT2D eigenvalue weighted by Crippen LogP contribution is 2.19. The minimum Gasteiger partial charge on any atom is -0.357 e. The molecule has 0 spiro atoms. The topological polar surface area (TPSA) is 65.8 Å². The van der Waals surface area contributed by atoms with Crippen LogP contribution in [0.5, 0.6) is 0 Å². The summed E-state index contributed by atoms with van der Waals surface area (Å²) in [5, 5.41) is 7.50. The number of anilines is 1. The molecule has 1 aromatic carbocycles. The summed E-state index contributed by atoms with van der Waals surface area (Å²) in [6.45, 7) is 7.51. The van der Waals surface area contributed by atoms with Gasteiger partial charge in [0, 0.05) is 39.4 Å². The van der Waals surface area contributed by atoms with Crippen molar-refractivity contribution in [2.75, 3.05) is 37.6 Å². The maximum Gasteiger partial charge on any atom is 0.246 e. The number of benzene rings is 1. The van der Waals surface area contributed by atoms with Gasteiger partial charge in [0.25, 0.3) is 0 Å². The van der Waals surface area contributed by atoms with Crippen molar-refractivity contribution >= 4 is 41.5 Å². The number of aryl methyl sites for hydroxylation is 1. The van der Waals surface area contributed by atoms with Crippen LogP contribution in [0.25, 0.3) is 0 Å². The van der Waals surface area contributed by atoms with Crippen molar-refractivity contribution in [3.8, 4) is 0 Å². The molecule has 1 amide bonds. The first kappa shape index (κ1) is 23.2. The van der Waals surface area contributed by atoms with E-state index in [2.05, 4.69) is 48.5 Å². The van der Waals surface area contributed by atoms with Crippen LogP contribution in [0.3, 0.4) is 0 Å². The molecule has 2 aromatic rings. The number of nitrogens with zero attached hydrogens (tertiary/aromatic N) is 5. The molecule has 2 heterocycles. The first-order valence-electron chi connectivity index (χ1n) is 9.95. The van der Waals surface area contributed by atoms with Crippen molar-refractivity contribution in [3.05, 3.63) is 48.3 Å². The molecule has 1 aliphatic heterocycles. The Balaban J connectivity index is 0.00000300. The lowest BCUT2D eigenvalue weighted by Gasteiger charge is -2.35. The number of hydrogen-bond acceptors (Lipinski definition) is 3. The minimum absolute atomic E-state index is 0. The highest BCUT2D eigenvalue weighted by atomic mass is 127. The van der Waals surface area contributed by atoms with Crippen LogP contribution >= 0.6 is 24.0 Å². The number of nitrogens with one attached hydrogen (secondary N) is 1. The number of piperazine rings is 1. The molecular formula is C21H31IN6O. The molecule has 8 heteroatoms. The fourth-order valence-electron chi connectivity index (χ4n) is 3.41. The Labute approximate surface area is 190 Å². The van der Waals surface area contributed by atoms with Gasteiger partial charge in [0.2, 0.25) is 5.91 Å². The molecule has 158 valence electrons. The standard InChI is InChI=1S/C21H30N6O.HI/c1-4-22-21(23-11-10-17(2)18-8-6-5-7-9-18)26-12-13-27(20(28)16-26)19-14-24-25(3)15-19;/h5-9,14-15,17H,4,10-13,16H2,1-3H3,(H,22,23);1H. The Morgan fingerprint density at radius 3 is 2.66 bits per heavy atom. The van der Waals surface area contributed by atoms with Crippen molar-refractivity contribution in [2.24, 2.45) is 12.0 Å². The molecule has 1 aliphatic rings. The van der Waals surface area contributed by atoms with E-state index in [1.54, 1.807) is 15.8 Å². The number of rotatable bonds is 6. The fourth-order valence-corrected chi connectivity index (χ4v) is 3.41. The second kappa shape index (κ2) is 11.2. The Hall–Kier alpha value is -2.10. The number of aromatic nitrogens is 2. The van der Waals surface area contributed by atoms with Gasteiger partial charge in [-0.05, 0) is 24.8 Å². The SMILES string of the molecule is CCNC(=NCCC(C)c1ccccc1)N1CCN(c2cnn(C)c2)C(=O)C1.I. The van der Waals surface area contributed by atoms with E-state index in [-0.39, 0.29) is 29.9 Å². The van der Waals surface area contributed by atoms with E-state index in [0.717, 1.165) is 37.7 Å². The zero-order chi connectivity index (χ0) is 19.9.